The molecule has 0 aromatic heterocycles. The predicted molar refractivity (Wildman–Crippen MR) is 79.5 cm³/mol. The first kappa shape index (κ1) is 15.3. The Hall–Kier alpha value is -1.07. The van der Waals surface area contributed by atoms with Crippen molar-refractivity contribution < 1.29 is 13.2 Å². The van der Waals surface area contributed by atoms with Gasteiger partial charge in [-0.2, -0.15) is 0 Å². The van der Waals surface area contributed by atoms with Gasteiger partial charge in [-0.25, -0.2) is 8.42 Å². The van der Waals surface area contributed by atoms with E-state index in [2.05, 4.69) is 0 Å². The molecular formula is C14H18ClNO3S. The maximum absolute atomic E-state index is 12.5. The smallest absolute Gasteiger partial charge is 0.245 e. The molecule has 1 fully saturated rings. The van der Waals surface area contributed by atoms with Crippen LogP contribution in [0.4, 0.5) is 0 Å². The molecule has 2 rings (SSSR count). The average Bonchev–Trinajstić information content (AvgIpc) is 2.79. The molecule has 0 radical (unpaired) electrons. The van der Waals surface area contributed by atoms with E-state index < -0.39 is 15.2 Å². The molecule has 1 aliphatic heterocycles. The fraction of sp³-hybridized carbons (Fsp3) is 0.500. The van der Waals surface area contributed by atoms with Crippen LogP contribution in [-0.4, -0.2) is 43.3 Å². The van der Waals surface area contributed by atoms with Crippen molar-refractivity contribution in [1.82, 2.24) is 4.90 Å². The molecule has 110 valence electrons. The van der Waals surface area contributed by atoms with E-state index in [9.17, 15) is 13.2 Å². The summed E-state index contributed by atoms with van der Waals surface area (Å²) in [5, 5.41) is -0.764. The number of nitrogens with zero attached hydrogens (tertiary/aromatic N) is 1. The van der Waals surface area contributed by atoms with Gasteiger partial charge in [0.2, 0.25) is 5.91 Å². The third kappa shape index (κ3) is 3.33. The highest BCUT2D eigenvalue weighted by Gasteiger charge is 2.36. The highest BCUT2D eigenvalue weighted by molar-refractivity contribution is 7.91. The number of alkyl halides is 1. The fourth-order valence-electron chi connectivity index (χ4n) is 2.53. The largest absolute Gasteiger partial charge is 0.337 e. The summed E-state index contributed by atoms with van der Waals surface area (Å²) in [6.07, 6.45) is 0.500. The molecule has 0 N–H and O–H groups in total. The Bertz CT molecular complexity index is 573. The zero-order valence-corrected chi connectivity index (χ0v) is 12.9. The van der Waals surface area contributed by atoms with Crippen LogP contribution in [0.25, 0.3) is 0 Å². The van der Waals surface area contributed by atoms with E-state index >= 15 is 0 Å². The summed E-state index contributed by atoms with van der Waals surface area (Å²) in [7, 11) is -3.01. The molecule has 2 atom stereocenters. The molecule has 1 aromatic carbocycles. The third-order valence-electron chi connectivity index (χ3n) is 3.58. The van der Waals surface area contributed by atoms with Gasteiger partial charge in [-0.05, 0) is 18.9 Å². The lowest BCUT2D eigenvalue weighted by atomic mass is 10.1. The highest BCUT2D eigenvalue weighted by Crippen LogP contribution is 2.26. The monoisotopic (exact) mass is 315 g/mol. The zero-order chi connectivity index (χ0) is 14.8. The lowest BCUT2D eigenvalue weighted by molar-refractivity contribution is -0.132. The van der Waals surface area contributed by atoms with Gasteiger partial charge in [-0.15, -0.1) is 11.6 Å². The molecular weight excluding hydrogens is 298 g/mol. The molecule has 1 saturated heterocycles. The average molecular weight is 316 g/mol. The van der Waals surface area contributed by atoms with Gasteiger partial charge in [0, 0.05) is 12.6 Å². The molecule has 0 saturated carbocycles. The first-order valence-corrected chi connectivity index (χ1v) is 8.90. The van der Waals surface area contributed by atoms with Crippen molar-refractivity contribution in [2.75, 3.05) is 18.1 Å². The van der Waals surface area contributed by atoms with Gasteiger partial charge >= 0.3 is 0 Å². The number of carbonyl (C=O) groups excluding carboxylic acids is 1. The van der Waals surface area contributed by atoms with Crippen LogP contribution < -0.4 is 0 Å². The quantitative estimate of drug-likeness (QED) is 0.799. The molecule has 0 bridgehead atoms. The number of halogens is 1. The van der Waals surface area contributed by atoms with Gasteiger partial charge in [-0.3, -0.25) is 4.79 Å². The van der Waals surface area contributed by atoms with Crippen molar-refractivity contribution in [2.45, 2.75) is 24.8 Å². The van der Waals surface area contributed by atoms with E-state index in [4.69, 9.17) is 11.6 Å². The van der Waals surface area contributed by atoms with Gasteiger partial charge in [-0.1, -0.05) is 30.3 Å². The second-order valence-electron chi connectivity index (χ2n) is 4.95. The summed E-state index contributed by atoms with van der Waals surface area (Å²) >= 11 is 6.24. The van der Waals surface area contributed by atoms with E-state index in [-0.39, 0.29) is 23.5 Å². The zero-order valence-electron chi connectivity index (χ0n) is 11.3. The molecule has 0 aliphatic carbocycles. The fourth-order valence-corrected chi connectivity index (χ4v) is 4.53. The van der Waals surface area contributed by atoms with Crippen molar-refractivity contribution in [3.05, 3.63) is 35.9 Å². The number of likely N-dealkylation sites (N-methyl/N-ethyl adjacent to an activating group) is 1. The second kappa shape index (κ2) is 6.14. The third-order valence-corrected chi connectivity index (χ3v) is 5.77. The normalized spacial score (nSPS) is 22.4. The number of benzene rings is 1. The summed E-state index contributed by atoms with van der Waals surface area (Å²) in [4.78, 5) is 14.1. The number of hydrogen-bond acceptors (Lipinski definition) is 3. The van der Waals surface area contributed by atoms with Crippen molar-refractivity contribution in [2.24, 2.45) is 0 Å². The van der Waals surface area contributed by atoms with Crippen LogP contribution in [0, 0.1) is 0 Å². The van der Waals surface area contributed by atoms with Crippen LogP contribution in [0.15, 0.2) is 30.3 Å². The first-order valence-electron chi connectivity index (χ1n) is 6.64. The van der Waals surface area contributed by atoms with Gasteiger partial charge in [0.1, 0.15) is 5.38 Å². The van der Waals surface area contributed by atoms with Gasteiger partial charge in [0.05, 0.1) is 11.5 Å². The molecule has 1 amide bonds. The minimum Gasteiger partial charge on any atom is -0.337 e. The topological polar surface area (TPSA) is 54.5 Å². The highest BCUT2D eigenvalue weighted by atomic mass is 35.5. The van der Waals surface area contributed by atoms with Crippen molar-refractivity contribution >= 4 is 27.3 Å². The molecule has 1 aliphatic rings. The van der Waals surface area contributed by atoms with Crippen molar-refractivity contribution in [1.29, 1.82) is 0 Å². The van der Waals surface area contributed by atoms with Gasteiger partial charge in [0.25, 0.3) is 0 Å². The Labute approximate surface area is 124 Å². The van der Waals surface area contributed by atoms with Crippen LogP contribution in [0.2, 0.25) is 0 Å². The van der Waals surface area contributed by atoms with Crippen LogP contribution in [-0.2, 0) is 14.6 Å². The SMILES string of the molecule is CCN(C(=O)C(Cl)c1ccccc1)C1CCS(=O)(=O)C1. The molecule has 4 nitrogen and oxygen atoms in total. The maximum Gasteiger partial charge on any atom is 0.245 e. The van der Waals surface area contributed by atoms with Gasteiger partial charge < -0.3 is 4.90 Å². The summed E-state index contributed by atoms with van der Waals surface area (Å²) < 4.78 is 23.1. The van der Waals surface area contributed by atoms with Crippen LogP contribution in [0.5, 0.6) is 0 Å². The van der Waals surface area contributed by atoms with E-state index in [1.807, 2.05) is 25.1 Å². The first-order chi connectivity index (χ1) is 9.44. The Morgan fingerprint density at radius 3 is 2.55 bits per heavy atom. The van der Waals surface area contributed by atoms with Crippen LogP contribution >= 0.6 is 11.6 Å². The number of amides is 1. The molecule has 0 spiro atoms. The number of sulfone groups is 1. The van der Waals surface area contributed by atoms with Crippen LogP contribution in [0.3, 0.4) is 0 Å². The summed E-state index contributed by atoms with van der Waals surface area (Å²) in [6.45, 7) is 2.31. The Balaban J connectivity index is 2.14. The molecule has 20 heavy (non-hydrogen) atoms. The van der Waals surface area contributed by atoms with E-state index in [0.29, 0.717) is 13.0 Å². The standard InChI is InChI=1S/C14H18ClNO3S/c1-2-16(12-8-9-20(18,19)10-12)14(17)13(15)11-6-4-3-5-7-11/h3-7,12-13H,2,8-10H2,1H3. The van der Waals surface area contributed by atoms with E-state index in [0.717, 1.165) is 5.56 Å². The lowest BCUT2D eigenvalue weighted by Gasteiger charge is -2.28. The minimum absolute atomic E-state index is 0.0466. The number of rotatable bonds is 4. The Morgan fingerprint density at radius 2 is 2.05 bits per heavy atom. The summed E-state index contributed by atoms with van der Waals surface area (Å²) in [6, 6.07) is 8.87. The minimum atomic E-state index is -3.01. The van der Waals surface area contributed by atoms with E-state index in [1.54, 1.807) is 17.0 Å². The second-order valence-corrected chi connectivity index (χ2v) is 7.62. The van der Waals surface area contributed by atoms with Crippen molar-refractivity contribution in [3.63, 3.8) is 0 Å². The molecule has 2 unspecified atom stereocenters. The number of hydrogen-bond donors (Lipinski definition) is 0. The van der Waals surface area contributed by atoms with E-state index in [1.165, 1.54) is 0 Å². The Morgan fingerprint density at radius 1 is 1.40 bits per heavy atom. The van der Waals surface area contributed by atoms with Gasteiger partial charge in [0.15, 0.2) is 9.84 Å². The lowest BCUT2D eigenvalue weighted by Crippen LogP contribution is -2.42. The summed E-state index contributed by atoms with van der Waals surface area (Å²) in [5.74, 6) is -0.0208. The Kier molecular flexibility index (Phi) is 4.70. The maximum atomic E-state index is 12.5. The predicted octanol–water partition coefficient (Wildman–Crippen LogP) is 2.00. The number of carbonyl (C=O) groups is 1. The summed E-state index contributed by atoms with van der Waals surface area (Å²) in [5.41, 5.74) is 0.735. The molecule has 1 heterocycles. The molecule has 6 heteroatoms. The molecule has 1 aromatic rings. The van der Waals surface area contributed by atoms with Crippen LogP contribution in [0.1, 0.15) is 24.3 Å². The van der Waals surface area contributed by atoms with Crippen molar-refractivity contribution in [3.8, 4) is 0 Å².